The fraction of sp³-hybridized carbons (Fsp3) is 0.462. The van der Waals surface area contributed by atoms with Crippen molar-refractivity contribution in [3.8, 4) is 0 Å². The standard InChI is InChI=1S/C13H18O2/c1-4-10-15-12(14)13(2,3)11-8-6-5-7-9-11/h5-9H,4,10H2,1-3H3. The second-order valence-corrected chi connectivity index (χ2v) is 4.13. The summed E-state index contributed by atoms with van der Waals surface area (Å²) in [6.45, 7) is 6.26. The Bertz CT molecular complexity index is 315. The van der Waals surface area contributed by atoms with Crippen molar-refractivity contribution in [3.05, 3.63) is 35.9 Å². The van der Waals surface area contributed by atoms with Crippen LogP contribution in [0.4, 0.5) is 0 Å². The van der Waals surface area contributed by atoms with Crippen molar-refractivity contribution in [1.29, 1.82) is 0 Å². The van der Waals surface area contributed by atoms with Gasteiger partial charge in [-0.3, -0.25) is 4.79 Å². The predicted octanol–water partition coefficient (Wildman–Crippen LogP) is 2.92. The topological polar surface area (TPSA) is 26.3 Å². The van der Waals surface area contributed by atoms with Gasteiger partial charge in [0.2, 0.25) is 0 Å². The van der Waals surface area contributed by atoms with Crippen LogP contribution >= 0.6 is 0 Å². The van der Waals surface area contributed by atoms with E-state index in [-0.39, 0.29) is 5.97 Å². The summed E-state index contributed by atoms with van der Waals surface area (Å²) in [5, 5.41) is 0. The number of ether oxygens (including phenoxy) is 1. The molecule has 1 rings (SSSR count). The molecule has 0 saturated heterocycles. The molecule has 0 aromatic heterocycles. The van der Waals surface area contributed by atoms with Crippen molar-refractivity contribution in [2.24, 2.45) is 0 Å². The van der Waals surface area contributed by atoms with E-state index < -0.39 is 5.41 Å². The zero-order valence-electron chi connectivity index (χ0n) is 9.62. The summed E-state index contributed by atoms with van der Waals surface area (Å²) in [4.78, 5) is 11.8. The van der Waals surface area contributed by atoms with Crippen LogP contribution in [0, 0.1) is 0 Å². The van der Waals surface area contributed by atoms with E-state index in [2.05, 4.69) is 0 Å². The Labute approximate surface area is 91.3 Å². The number of carbonyl (C=O) groups is 1. The molecule has 0 amide bonds. The minimum Gasteiger partial charge on any atom is -0.465 e. The molecule has 0 spiro atoms. The highest BCUT2D eigenvalue weighted by molar-refractivity contribution is 5.82. The molecule has 0 aliphatic heterocycles. The molecule has 0 saturated carbocycles. The maximum atomic E-state index is 11.8. The zero-order chi connectivity index (χ0) is 11.3. The lowest BCUT2D eigenvalue weighted by molar-refractivity contribution is -0.149. The van der Waals surface area contributed by atoms with Crippen molar-refractivity contribution in [1.82, 2.24) is 0 Å². The number of esters is 1. The fourth-order valence-corrected chi connectivity index (χ4v) is 1.35. The minimum atomic E-state index is -0.559. The molecule has 1 aromatic rings. The van der Waals surface area contributed by atoms with E-state index in [0.717, 1.165) is 12.0 Å². The molecular formula is C13H18O2. The summed E-state index contributed by atoms with van der Waals surface area (Å²) in [5.41, 5.74) is 0.433. The van der Waals surface area contributed by atoms with Gasteiger partial charge in [0.15, 0.2) is 0 Å². The number of hydrogen-bond acceptors (Lipinski definition) is 2. The molecule has 2 nitrogen and oxygen atoms in total. The Morgan fingerprint density at radius 3 is 2.40 bits per heavy atom. The van der Waals surface area contributed by atoms with Gasteiger partial charge in [0.05, 0.1) is 12.0 Å². The first-order valence-corrected chi connectivity index (χ1v) is 5.31. The summed E-state index contributed by atoms with van der Waals surface area (Å²) >= 11 is 0. The fourth-order valence-electron chi connectivity index (χ4n) is 1.35. The van der Waals surface area contributed by atoms with Crippen molar-refractivity contribution in [3.63, 3.8) is 0 Å². The van der Waals surface area contributed by atoms with Crippen LogP contribution in [0.25, 0.3) is 0 Å². The largest absolute Gasteiger partial charge is 0.465 e. The SMILES string of the molecule is CCCOC(=O)C(C)(C)c1ccccc1. The maximum absolute atomic E-state index is 11.8. The Morgan fingerprint density at radius 2 is 1.87 bits per heavy atom. The number of rotatable bonds is 4. The molecule has 0 aliphatic rings. The Hall–Kier alpha value is -1.31. The summed E-state index contributed by atoms with van der Waals surface area (Å²) in [7, 11) is 0. The summed E-state index contributed by atoms with van der Waals surface area (Å²) in [6.07, 6.45) is 0.858. The van der Waals surface area contributed by atoms with Crippen molar-refractivity contribution >= 4 is 5.97 Å². The summed E-state index contributed by atoms with van der Waals surface area (Å²) in [5.74, 6) is -0.157. The quantitative estimate of drug-likeness (QED) is 0.708. The molecule has 0 fully saturated rings. The summed E-state index contributed by atoms with van der Waals surface area (Å²) in [6, 6.07) is 9.71. The van der Waals surface area contributed by atoms with E-state index in [0.29, 0.717) is 6.61 Å². The van der Waals surface area contributed by atoms with E-state index in [9.17, 15) is 4.79 Å². The lowest BCUT2D eigenvalue weighted by atomic mass is 9.85. The van der Waals surface area contributed by atoms with Gasteiger partial charge in [-0.15, -0.1) is 0 Å². The number of benzene rings is 1. The third kappa shape index (κ3) is 2.82. The van der Waals surface area contributed by atoms with E-state index in [1.165, 1.54) is 0 Å². The van der Waals surface area contributed by atoms with E-state index in [1.807, 2.05) is 51.1 Å². The first-order chi connectivity index (χ1) is 7.09. The molecule has 0 radical (unpaired) electrons. The maximum Gasteiger partial charge on any atom is 0.315 e. The first-order valence-electron chi connectivity index (χ1n) is 5.31. The highest BCUT2D eigenvalue weighted by Crippen LogP contribution is 2.24. The Morgan fingerprint density at radius 1 is 1.27 bits per heavy atom. The van der Waals surface area contributed by atoms with Crippen molar-refractivity contribution in [2.45, 2.75) is 32.6 Å². The van der Waals surface area contributed by atoms with Crippen molar-refractivity contribution in [2.75, 3.05) is 6.61 Å². The average molecular weight is 206 g/mol. The number of carbonyl (C=O) groups excluding carboxylic acids is 1. The van der Waals surface area contributed by atoms with Crippen LogP contribution in [0.15, 0.2) is 30.3 Å². The third-order valence-corrected chi connectivity index (χ3v) is 2.44. The van der Waals surface area contributed by atoms with Gasteiger partial charge in [-0.2, -0.15) is 0 Å². The Balaban J connectivity index is 2.78. The molecule has 15 heavy (non-hydrogen) atoms. The normalized spacial score (nSPS) is 11.1. The summed E-state index contributed by atoms with van der Waals surface area (Å²) < 4.78 is 5.17. The molecule has 0 N–H and O–H groups in total. The molecule has 0 bridgehead atoms. The second-order valence-electron chi connectivity index (χ2n) is 4.13. The Kier molecular flexibility index (Phi) is 3.89. The zero-order valence-corrected chi connectivity index (χ0v) is 9.62. The van der Waals surface area contributed by atoms with Gasteiger partial charge in [0.1, 0.15) is 0 Å². The first kappa shape index (κ1) is 11.8. The number of hydrogen-bond donors (Lipinski definition) is 0. The lowest BCUT2D eigenvalue weighted by Gasteiger charge is -2.22. The molecule has 82 valence electrons. The van der Waals surface area contributed by atoms with Gasteiger partial charge < -0.3 is 4.74 Å². The van der Waals surface area contributed by atoms with Gasteiger partial charge in [-0.1, -0.05) is 37.3 Å². The van der Waals surface area contributed by atoms with Crippen LogP contribution < -0.4 is 0 Å². The smallest absolute Gasteiger partial charge is 0.315 e. The second kappa shape index (κ2) is 4.96. The third-order valence-electron chi connectivity index (χ3n) is 2.44. The molecule has 0 aliphatic carbocycles. The van der Waals surface area contributed by atoms with E-state index >= 15 is 0 Å². The van der Waals surface area contributed by atoms with Gasteiger partial charge in [0, 0.05) is 0 Å². The van der Waals surface area contributed by atoms with Crippen LogP contribution in [0.5, 0.6) is 0 Å². The van der Waals surface area contributed by atoms with Gasteiger partial charge >= 0.3 is 5.97 Å². The molecule has 2 heteroatoms. The molecule has 1 aromatic carbocycles. The average Bonchev–Trinajstić information content (AvgIpc) is 2.27. The van der Waals surface area contributed by atoms with Crippen LogP contribution in [-0.4, -0.2) is 12.6 Å². The van der Waals surface area contributed by atoms with Gasteiger partial charge in [-0.25, -0.2) is 0 Å². The van der Waals surface area contributed by atoms with Crippen molar-refractivity contribution < 1.29 is 9.53 Å². The molecule has 0 heterocycles. The predicted molar refractivity (Wildman–Crippen MR) is 60.7 cm³/mol. The lowest BCUT2D eigenvalue weighted by Crippen LogP contribution is -2.31. The highest BCUT2D eigenvalue weighted by atomic mass is 16.5. The van der Waals surface area contributed by atoms with E-state index in [1.54, 1.807) is 0 Å². The molecule has 0 atom stereocenters. The van der Waals surface area contributed by atoms with Crippen LogP contribution in [-0.2, 0) is 14.9 Å². The monoisotopic (exact) mass is 206 g/mol. The highest BCUT2D eigenvalue weighted by Gasteiger charge is 2.30. The minimum absolute atomic E-state index is 0.157. The van der Waals surface area contributed by atoms with Crippen LogP contribution in [0.2, 0.25) is 0 Å². The molecule has 0 unspecified atom stereocenters. The van der Waals surface area contributed by atoms with Crippen LogP contribution in [0.1, 0.15) is 32.8 Å². The van der Waals surface area contributed by atoms with Crippen LogP contribution in [0.3, 0.4) is 0 Å². The molecular weight excluding hydrogens is 188 g/mol. The van der Waals surface area contributed by atoms with Gasteiger partial charge in [0.25, 0.3) is 0 Å². The van der Waals surface area contributed by atoms with E-state index in [4.69, 9.17) is 4.74 Å². The van der Waals surface area contributed by atoms with Gasteiger partial charge in [-0.05, 0) is 25.8 Å².